The molecule has 6 aromatic rings. The molecule has 17 heteroatoms. The Labute approximate surface area is 405 Å². The zero-order valence-electron chi connectivity index (χ0n) is 38.7. The Morgan fingerprint density at radius 1 is 0.824 bits per heavy atom. The predicted octanol–water partition coefficient (Wildman–Crippen LogP) is 8.24. The van der Waals surface area contributed by atoms with Gasteiger partial charge in [0.1, 0.15) is 24.0 Å². The van der Waals surface area contributed by atoms with Crippen LogP contribution in [0, 0.1) is 0 Å². The minimum Gasteiger partial charge on any atom is -0.506 e. The number of carboxylic acid groups (broad SMARTS) is 1. The number of nitrogens with one attached hydrogen (secondary N) is 3. The summed E-state index contributed by atoms with van der Waals surface area (Å²) in [4.78, 5) is 64.9. The highest BCUT2D eigenvalue weighted by Gasteiger charge is 2.27. The number of morpholine rings is 1. The fourth-order valence-corrected chi connectivity index (χ4v) is 9.01. The first kappa shape index (κ1) is 51.0. The minimum atomic E-state index is -1.12. The van der Waals surface area contributed by atoms with Crippen LogP contribution in [0.4, 0.5) is 9.59 Å². The standard InChI is InChI=1S/C40H53N7O5S2.C11H8O3/c1-29(2)38-43-34(27-53-38)25-46(3)39(49)45-36(16-17-47-18-20-51-21-19-47)37(48)42-32(22-30-10-6-4-7-11-30)14-15-33(23-31-12-8-5-9-13-31)44-40(50)52-26-35-24-41-28-54-35;12-10-8-4-2-1-3-7(8)5-6-9(10)11(13)14/h4-13,24,27-29,32-33,36H,14-23,25-26H2,1-3H3,(H,42,48)(H,44,50)(H,45,49);1-6,12H,(H,13,14). The molecule has 0 aliphatic carbocycles. The molecule has 0 saturated carbocycles. The van der Waals surface area contributed by atoms with E-state index < -0.39 is 18.1 Å². The number of benzene rings is 4. The average Bonchev–Trinajstić information content (AvgIpc) is 4.06. The number of urea groups is 1. The number of carboxylic acids is 1. The van der Waals surface area contributed by atoms with Gasteiger partial charge in [-0.15, -0.1) is 22.7 Å². The van der Waals surface area contributed by atoms with Gasteiger partial charge in [0.2, 0.25) is 5.91 Å². The van der Waals surface area contributed by atoms with Crippen molar-refractivity contribution in [2.75, 3.05) is 39.9 Å². The van der Waals surface area contributed by atoms with Crippen molar-refractivity contribution in [3.05, 3.63) is 146 Å². The van der Waals surface area contributed by atoms with E-state index in [9.17, 15) is 24.3 Å². The molecule has 3 atom stereocenters. The number of ether oxygens (including phenoxy) is 2. The molecule has 3 heterocycles. The second kappa shape index (κ2) is 26.2. The number of phenols is 1. The van der Waals surface area contributed by atoms with E-state index in [1.165, 1.54) is 17.4 Å². The van der Waals surface area contributed by atoms with Crippen molar-refractivity contribution in [2.24, 2.45) is 0 Å². The molecule has 4 aromatic carbocycles. The predicted molar refractivity (Wildman–Crippen MR) is 265 cm³/mol. The summed E-state index contributed by atoms with van der Waals surface area (Å²) in [6.07, 6.45) is 4.00. The van der Waals surface area contributed by atoms with Crippen molar-refractivity contribution >= 4 is 57.4 Å². The number of carbonyl (C=O) groups excluding carboxylic acids is 3. The van der Waals surface area contributed by atoms with Crippen LogP contribution < -0.4 is 16.0 Å². The molecule has 0 spiro atoms. The van der Waals surface area contributed by atoms with Gasteiger partial charge in [0, 0.05) is 61.6 Å². The Morgan fingerprint density at radius 2 is 1.47 bits per heavy atom. The summed E-state index contributed by atoms with van der Waals surface area (Å²) in [5, 5.41) is 32.2. The normalized spacial score (nSPS) is 13.9. The lowest BCUT2D eigenvalue weighted by Gasteiger charge is -2.30. The average molecular weight is 964 g/mol. The van der Waals surface area contributed by atoms with Crippen LogP contribution >= 0.6 is 22.7 Å². The number of hydrogen-bond acceptors (Lipinski definition) is 12. The summed E-state index contributed by atoms with van der Waals surface area (Å²) in [5.74, 6) is -1.21. The van der Waals surface area contributed by atoms with Crippen LogP contribution in [0.15, 0.2) is 114 Å². The van der Waals surface area contributed by atoms with Gasteiger partial charge in [-0.05, 0) is 54.7 Å². The smallest absolute Gasteiger partial charge is 0.407 e. The number of thiazole rings is 2. The first-order valence-electron chi connectivity index (χ1n) is 22.8. The molecule has 68 heavy (non-hydrogen) atoms. The second-order valence-electron chi connectivity index (χ2n) is 17.0. The van der Waals surface area contributed by atoms with Crippen molar-refractivity contribution in [1.82, 2.24) is 35.7 Å². The van der Waals surface area contributed by atoms with E-state index in [0.717, 1.165) is 45.2 Å². The Morgan fingerprint density at radius 3 is 2.09 bits per heavy atom. The Kier molecular flexibility index (Phi) is 19.7. The van der Waals surface area contributed by atoms with Crippen molar-refractivity contribution < 1.29 is 38.9 Å². The van der Waals surface area contributed by atoms with E-state index in [4.69, 9.17) is 14.6 Å². The second-order valence-corrected chi connectivity index (χ2v) is 18.8. The van der Waals surface area contributed by atoms with Gasteiger partial charge in [0.15, 0.2) is 0 Å². The van der Waals surface area contributed by atoms with Gasteiger partial charge in [-0.2, -0.15) is 0 Å². The highest BCUT2D eigenvalue weighted by atomic mass is 32.1. The van der Waals surface area contributed by atoms with E-state index in [-0.39, 0.29) is 41.9 Å². The molecule has 7 rings (SSSR count). The number of fused-ring (bicyclic) bond motifs is 1. The van der Waals surface area contributed by atoms with Crippen molar-refractivity contribution in [3.63, 3.8) is 0 Å². The van der Waals surface area contributed by atoms with Crippen LogP contribution in [0.3, 0.4) is 0 Å². The SMILES string of the molecule is CC(C)c1nc(CN(C)C(=O)NC(CCN2CCOCC2)C(=O)NC(CCC(Cc2ccccc2)NC(=O)OCc2cncs2)Cc2ccccc2)cs1.O=C(O)c1ccc2ccccc2c1O. The number of alkyl carbamates (subject to hydrolysis) is 1. The summed E-state index contributed by atoms with van der Waals surface area (Å²) in [6.45, 7) is 8.19. The number of aromatic carboxylic acids is 1. The summed E-state index contributed by atoms with van der Waals surface area (Å²) in [6, 6.07) is 28.6. The molecule has 1 aliphatic rings. The van der Waals surface area contributed by atoms with Gasteiger partial charge in [-0.1, -0.05) is 105 Å². The molecule has 1 fully saturated rings. The van der Waals surface area contributed by atoms with Crippen LogP contribution in [0.1, 0.15) is 76.1 Å². The summed E-state index contributed by atoms with van der Waals surface area (Å²) in [7, 11) is 1.72. The Bertz CT molecular complexity index is 2500. The third kappa shape index (κ3) is 16.1. The maximum Gasteiger partial charge on any atom is 0.407 e. The fourth-order valence-electron chi connectivity index (χ4n) is 7.68. The van der Waals surface area contributed by atoms with Crippen molar-refractivity contribution in [1.29, 1.82) is 0 Å². The van der Waals surface area contributed by atoms with Gasteiger partial charge < -0.3 is 40.5 Å². The van der Waals surface area contributed by atoms with Gasteiger partial charge in [-0.3, -0.25) is 14.7 Å². The quantitative estimate of drug-likeness (QED) is 0.0495. The fraction of sp³-hybridized carbons (Fsp3) is 0.373. The maximum atomic E-state index is 14.2. The zero-order valence-corrected chi connectivity index (χ0v) is 40.3. The molecule has 0 radical (unpaired) electrons. The lowest BCUT2D eigenvalue weighted by molar-refractivity contribution is -0.124. The highest BCUT2D eigenvalue weighted by molar-refractivity contribution is 7.09. The molecule has 360 valence electrons. The molecule has 1 saturated heterocycles. The van der Waals surface area contributed by atoms with E-state index in [1.54, 1.807) is 53.2 Å². The molecule has 2 aromatic heterocycles. The molecule has 5 N–H and O–H groups in total. The molecular formula is C51H61N7O8S2. The number of rotatable bonds is 20. The van der Waals surface area contributed by atoms with E-state index >= 15 is 0 Å². The first-order valence-corrected chi connectivity index (χ1v) is 24.6. The minimum absolute atomic E-state index is 0.0660. The number of carbonyl (C=O) groups is 4. The highest BCUT2D eigenvalue weighted by Crippen LogP contribution is 2.28. The summed E-state index contributed by atoms with van der Waals surface area (Å²) < 4.78 is 11.1. The van der Waals surface area contributed by atoms with Gasteiger partial charge in [-0.25, -0.2) is 19.4 Å². The first-order chi connectivity index (χ1) is 32.9. The van der Waals surface area contributed by atoms with Gasteiger partial charge in [0.05, 0.1) is 40.8 Å². The molecule has 3 unspecified atom stereocenters. The Hall–Kier alpha value is -6.40. The molecule has 15 nitrogen and oxygen atoms in total. The van der Waals surface area contributed by atoms with Crippen LogP contribution in [0.25, 0.3) is 10.8 Å². The van der Waals surface area contributed by atoms with Crippen molar-refractivity contribution in [3.8, 4) is 5.75 Å². The number of aromatic nitrogens is 2. The topological polar surface area (TPSA) is 196 Å². The van der Waals surface area contributed by atoms with Crippen LogP contribution in [-0.4, -0.2) is 112 Å². The van der Waals surface area contributed by atoms with E-state index in [2.05, 4.69) is 44.7 Å². The largest absolute Gasteiger partial charge is 0.506 e. The molecule has 0 bridgehead atoms. The van der Waals surface area contributed by atoms with Crippen LogP contribution in [0.5, 0.6) is 5.75 Å². The third-order valence-corrected chi connectivity index (χ3v) is 13.4. The van der Waals surface area contributed by atoms with E-state index in [0.29, 0.717) is 69.7 Å². The lowest BCUT2D eigenvalue weighted by Crippen LogP contribution is -2.54. The number of amides is 4. The monoisotopic (exact) mass is 963 g/mol. The van der Waals surface area contributed by atoms with Gasteiger partial charge in [0.25, 0.3) is 0 Å². The molecule has 1 aliphatic heterocycles. The van der Waals surface area contributed by atoms with Gasteiger partial charge >= 0.3 is 18.1 Å². The Balaban J connectivity index is 0.000000461. The van der Waals surface area contributed by atoms with Crippen LogP contribution in [-0.2, 0) is 40.3 Å². The van der Waals surface area contributed by atoms with Crippen molar-refractivity contribution in [2.45, 2.75) is 83.1 Å². The van der Waals surface area contributed by atoms with E-state index in [1.807, 2.05) is 78.2 Å². The lowest BCUT2D eigenvalue weighted by atomic mass is 9.95. The summed E-state index contributed by atoms with van der Waals surface area (Å²) in [5.41, 5.74) is 4.63. The molecular weight excluding hydrogens is 903 g/mol. The molecule has 4 amide bonds. The maximum absolute atomic E-state index is 14.2. The number of aromatic hydroxyl groups is 1. The number of hydrogen-bond donors (Lipinski definition) is 5. The third-order valence-electron chi connectivity index (χ3n) is 11.4. The summed E-state index contributed by atoms with van der Waals surface area (Å²) >= 11 is 3.02. The number of nitrogens with zero attached hydrogens (tertiary/aromatic N) is 4. The van der Waals surface area contributed by atoms with Crippen LogP contribution in [0.2, 0.25) is 0 Å². The zero-order chi connectivity index (χ0) is 48.3.